The van der Waals surface area contributed by atoms with Crippen LogP contribution in [0.25, 0.3) is 0 Å². The summed E-state index contributed by atoms with van der Waals surface area (Å²) in [5.41, 5.74) is 0.883. The Kier molecular flexibility index (Phi) is 6.24. The Hall–Kier alpha value is -0.980. The third kappa shape index (κ3) is 4.72. The molecule has 0 amide bonds. The van der Waals surface area contributed by atoms with Crippen LogP contribution >= 0.6 is 0 Å². The van der Waals surface area contributed by atoms with Crippen LogP contribution in [0.2, 0.25) is 0 Å². The van der Waals surface area contributed by atoms with Gasteiger partial charge >= 0.3 is 0 Å². The van der Waals surface area contributed by atoms with Gasteiger partial charge in [-0.05, 0) is 18.1 Å². The summed E-state index contributed by atoms with van der Waals surface area (Å²) < 4.78 is 30.6. The quantitative estimate of drug-likeness (QED) is 0.715. The summed E-state index contributed by atoms with van der Waals surface area (Å²) in [5.74, 6) is 0.164. The molecule has 0 aliphatic rings. The number of sulfonamides is 1. The lowest BCUT2D eigenvalue weighted by atomic mass is 10.3. The summed E-state index contributed by atoms with van der Waals surface area (Å²) in [5, 5.41) is 0. The molecule has 6 heteroatoms. The first-order valence-corrected chi connectivity index (χ1v) is 7.56. The van der Waals surface area contributed by atoms with Crippen molar-refractivity contribution in [1.29, 1.82) is 0 Å². The smallest absolute Gasteiger partial charge is 0.214 e. The van der Waals surface area contributed by atoms with Crippen LogP contribution in [-0.2, 0) is 21.3 Å². The van der Waals surface area contributed by atoms with E-state index in [2.05, 4.69) is 4.98 Å². The molecule has 102 valence electrons. The molecule has 1 heterocycles. The summed E-state index contributed by atoms with van der Waals surface area (Å²) in [4.78, 5) is 3.99. The van der Waals surface area contributed by atoms with Crippen LogP contribution in [-0.4, -0.2) is 43.7 Å². The van der Waals surface area contributed by atoms with Crippen molar-refractivity contribution in [2.75, 3.05) is 26.0 Å². The molecule has 18 heavy (non-hydrogen) atoms. The topological polar surface area (TPSA) is 59.5 Å². The third-order valence-electron chi connectivity index (χ3n) is 2.48. The van der Waals surface area contributed by atoms with Crippen molar-refractivity contribution in [3.63, 3.8) is 0 Å². The summed E-state index contributed by atoms with van der Waals surface area (Å²) in [7, 11) is -1.65. The Balaban J connectivity index is 2.78. The van der Waals surface area contributed by atoms with Gasteiger partial charge in [0.05, 0.1) is 12.4 Å². The van der Waals surface area contributed by atoms with Gasteiger partial charge in [-0.3, -0.25) is 4.98 Å². The van der Waals surface area contributed by atoms with Crippen LogP contribution in [0.1, 0.15) is 18.9 Å². The average molecular weight is 272 g/mol. The van der Waals surface area contributed by atoms with Crippen molar-refractivity contribution in [2.45, 2.75) is 19.9 Å². The molecule has 0 saturated carbocycles. The van der Waals surface area contributed by atoms with Gasteiger partial charge in [-0.15, -0.1) is 0 Å². The molecule has 0 radical (unpaired) electrons. The molecular formula is C12H20N2O3S. The molecule has 0 saturated heterocycles. The van der Waals surface area contributed by atoms with E-state index in [1.807, 2.05) is 13.0 Å². The highest BCUT2D eigenvalue weighted by Gasteiger charge is 2.20. The number of hydrogen-bond acceptors (Lipinski definition) is 4. The number of pyridine rings is 1. The number of nitrogens with zero attached hydrogens (tertiary/aromatic N) is 2. The lowest BCUT2D eigenvalue weighted by Gasteiger charge is -2.21. The summed E-state index contributed by atoms with van der Waals surface area (Å²) in [6.45, 7) is 2.96. The fourth-order valence-electron chi connectivity index (χ4n) is 1.59. The molecule has 1 aromatic rings. The van der Waals surface area contributed by atoms with Crippen molar-refractivity contribution in [3.05, 3.63) is 30.1 Å². The second-order valence-electron chi connectivity index (χ2n) is 4.00. The molecule has 0 atom stereocenters. The van der Waals surface area contributed by atoms with Crippen LogP contribution in [0.5, 0.6) is 0 Å². The van der Waals surface area contributed by atoms with E-state index in [1.165, 1.54) is 4.31 Å². The third-order valence-corrected chi connectivity index (χ3v) is 4.50. The molecule has 1 aromatic heterocycles. The van der Waals surface area contributed by atoms with Crippen LogP contribution in [0.3, 0.4) is 0 Å². The number of methoxy groups -OCH3 is 1. The van der Waals surface area contributed by atoms with Gasteiger partial charge in [0.1, 0.15) is 0 Å². The van der Waals surface area contributed by atoms with Gasteiger partial charge in [-0.2, -0.15) is 4.31 Å². The van der Waals surface area contributed by atoms with Gasteiger partial charge < -0.3 is 4.74 Å². The van der Waals surface area contributed by atoms with Crippen molar-refractivity contribution in [3.8, 4) is 0 Å². The van der Waals surface area contributed by atoms with Gasteiger partial charge in [0.25, 0.3) is 0 Å². The number of aromatic nitrogens is 1. The highest BCUT2D eigenvalue weighted by Crippen LogP contribution is 2.09. The Morgan fingerprint density at radius 2 is 2.22 bits per heavy atom. The molecule has 0 N–H and O–H groups in total. The molecule has 5 nitrogen and oxygen atoms in total. The SMILES string of the molecule is CCCS(=O)(=O)N(CCOC)Cc1cccnc1. The predicted octanol–water partition coefficient (Wildman–Crippen LogP) is 1.27. The van der Waals surface area contributed by atoms with E-state index in [-0.39, 0.29) is 5.75 Å². The first kappa shape index (κ1) is 15.1. The highest BCUT2D eigenvalue weighted by molar-refractivity contribution is 7.89. The molecule has 0 aromatic carbocycles. The predicted molar refractivity (Wildman–Crippen MR) is 70.6 cm³/mol. The van der Waals surface area contributed by atoms with Crippen molar-refractivity contribution in [2.24, 2.45) is 0 Å². The first-order valence-electron chi connectivity index (χ1n) is 5.96. The molecule has 0 spiro atoms. The van der Waals surface area contributed by atoms with Gasteiger partial charge in [0, 0.05) is 32.6 Å². The molecule has 0 bridgehead atoms. The number of rotatable bonds is 8. The first-order chi connectivity index (χ1) is 8.60. The maximum atomic E-state index is 12.1. The van der Waals surface area contributed by atoms with E-state index in [9.17, 15) is 8.42 Å². The van der Waals surface area contributed by atoms with Crippen molar-refractivity contribution >= 4 is 10.0 Å². The number of hydrogen-bond donors (Lipinski definition) is 0. The van der Waals surface area contributed by atoms with Gasteiger partial charge in [0.2, 0.25) is 10.0 Å². The van der Waals surface area contributed by atoms with E-state index in [1.54, 1.807) is 25.6 Å². The Morgan fingerprint density at radius 1 is 1.44 bits per heavy atom. The zero-order valence-electron chi connectivity index (χ0n) is 10.9. The minimum atomic E-state index is -3.22. The molecular weight excluding hydrogens is 252 g/mol. The minimum Gasteiger partial charge on any atom is -0.383 e. The summed E-state index contributed by atoms with van der Waals surface area (Å²) in [6.07, 6.45) is 3.96. The monoisotopic (exact) mass is 272 g/mol. The molecule has 0 aliphatic carbocycles. The molecule has 0 aliphatic heterocycles. The maximum Gasteiger partial charge on any atom is 0.214 e. The highest BCUT2D eigenvalue weighted by atomic mass is 32.2. The maximum absolute atomic E-state index is 12.1. The van der Waals surface area contributed by atoms with Crippen molar-refractivity contribution in [1.82, 2.24) is 9.29 Å². The fourth-order valence-corrected chi connectivity index (χ4v) is 3.06. The minimum absolute atomic E-state index is 0.164. The standard InChI is InChI=1S/C12H20N2O3S/c1-3-9-18(15,16)14(7-8-17-2)11-12-5-4-6-13-10-12/h4-6,10H,3,7-9,11H2,1-2H3. The Morgan fingerprint density at radius 3 is 2.78 bits per heavy atom. The summed E-state index contributed by atoms with van der Waals surface area (Å²) in [6, 6.07) is 3.67. The van der Waals surface area contributed by atoms with E-state index < -0.39 is 10.0 Å². The van der Waals surface area contributed by atoms with E-state index in [4.69, 9.17) is 4.74 Å². The Bertz CT molecular complexity index is 434. The summed E-state index contributed by atoms with van der Waals surface area (Å²) >= 11 is 0. The van der Waals surface area contributed by atoms with Gasteiger partial charge in [-0.25, -0.2) is 8.42 Å². The van der Waals surface area contributed by atoms with E-state index >= 15 is 0 Å². The average Bonchev–Trinajstić information content (AvgIpc) is 2.35. The Labute approximate surface area is 109 Å². The fraction of sp³-hybridized carbons (Fsp3) is 0.583. The van der Waals surface area contributed by atoms with Crippen molar-refractivity contribution < 1.29 is 13.2 Å². The van der Waals surface area contributed by atoms with Gasteiger partial charge in [-0.1, -0.05) is 13.0 Å². The second kappa shape index (κ2) is 7.45. The van der Waals surface area contributed by atoms with Crippen LogP contribution in [0.4, 0.5) is 0 Å². The van der Waals surface area contributed by atoms with Crippen LogP contribution < -0.4 is 0 Å². The number of ether oxygens (including phenoxy) is 1. The lowest BCUT2D eigenvalue weighted by Crippen LogP contribution is -2.35. The van der Waals surface area contributed by atoms with E-state index in [0.717, 1.165) is 5.56 Å². The molecule has 1 rings (SSSR count). The lowest BCUT2D eigenvalue weighted by molar-refractivity contribution is 0.177. The zero-order valence-corrected chi connectivity index (χ0v) is 11.7. The largest absolute Gasteiger partial charge is 0.383 e. The van der Waals surface area contributed by atoms with Crippen LogP contribution in [0.15, 0.2) is 24.5 Å². The molecule has 0 fully saturated rings. The van der Waals surface area contributed by atoms with Gasteiger partial charge in [0.15, 0.2) is 0 Å². The van der Waals surface area contributed by atoms with E-state index in [0.29, 0.717) is 26.1 Å². The van der Waals surface area contributed by atoms with Crippen LogP contribution in [0, 0.1) is 0 Å². The zero-order chi connectivity index (χ0) is 13.4. The normalized spacial score (nSPS) is 11.9. The second-order valence-corrected chi connectivity index (χ2v) is 6.09. The molecule has 0 unspecified atom stereocenters.